The minimum Gasteiger partial charge on any atom is -0.478 e. The second-order valence-electron chi connectivity index (χ2n) is 8.15. The van der Waals surface area contributed by atoms with Crippen molar-refractivity contribution >= 4 is 84.2 Å². The van der Waals surface area contributed by atoms with Gasteiger partial charge in [0.25, 0.3) is 0 Å². The molecule has 6 nitrogen and oxygen atoms in total. The fourth-order valence-electron chi connectivity index (χ4n) is 4.12. The van der Waals surface area contributed by atoms with Gasteiger partial charge in [-0.25, -0.2) is 14.8 Å². The first-order valence-corrected chi connectivity index (χ1v) is 12.3. The van der Waals surface area contributed by atoms with Crippen molar-refractivity contribution in [3.63, 3.8) is 0 Å². The van der Waals surface area contributed by atoms with Crippen molar-refractivity contribution in [2.24, 2.45) is 0 Å². The number of hydrogen-bond donors (Lipinski definition) is 3. The van der Waals surface area contributed by atoms with Gasteiger partial charge in [0.2, 0.25) is 0 Å². The lowest BCUT2D eigenvalue weighted by Gasteiger charge is -2.02. The van der Waals surface area contributed by atoms with Crippen molar-refractivity contribution in [1.29, 1.82) is 0 Å². The van der Waals surface area contributed by atoms with Crippen molar-refractivity contribution in [3.05, 3.63) is 91.9 Å². The highest BCUT2D eigenvalue weighted by Crippen LogP contribution is 2.34. The summed E-state index contributed by atoms with van der Waals surface area (Å²) >= 11 is 7.44. The third-order valence-corrected chi connectivity index (χ3v) is 7.46. The van der Waals surface area contributed by atoms with Crippen LogP contribution in [-0.4, -0.2) is 31.0 Å². The van der Waals surface area contributed by atoms with E-state index in [4.69, 9.17) is 9.97 Å². The molecular weight excluding hydrogens is 572 g/mol. The molecule has 0 saturated heterocycles. The largest absolute Gasteiger partial charge is 0.478 e. The normalized spacial score (nSPS) is 12.3. The highest BCUT2D eigenvalue weighted by Gasteiger charge is 2.13. The second-order valence-corrected chi connectivity index (χ2v) is 9.74. The maximum atomic E-state index is 11.3. The molecule has 0 aliphatic carbocycles. The fourth-order valence-corrected chi connectivity index (χ4v) is 5.10. The van der Waals surface area contributed by atoms with Gasteiger partial charge in [0.05, 0.1) is 48.3 Å². The van der Waals surface area contributed by atoms with E-state index < -0.39 is 5.97 Å². The number of carboxylic acids is 1. The summed E-state index contributed by atoms with van der Waals surface area (Å²) in [5.41, 5.74) is 8.90. The van der Waals surface area contributed by atoms with Gasteiger partial charge in [-0.1, -0.05) is 12.1 Å². The minimum atomic E-state index is -0.952. The summed E-state index contributed by atoms with van der Waals surface area (Å²) in [7, 11) is 0. The number of nitrogens with one attached hydrogen (secondary N) is 2. The summed E-state index contributed by atoms with van der Waals surface area (Å²) in [6.07, 6.45) is 7.85. The van der Waals surface area contributed by atoms with Crippen molar-refractivity contribution in [2.75, 3.05) is 0 Å². The predicted molar refractivity (Wildman–Crippen MR) is 147 cm³/mol. The summed E-state index contributed by atoms with van der Waals surface area (Å²) in [5.74, 6) is -0.952. The monoisotopic (exact) mass is 586 g/mol. The van der Waals surface area contributed by atoms with Gasteiger partial charge in [0, 0.05) is 16.6 Å². The number of halogens is 2. The number of benzene rings is 1. The SMILES string of the molecule is O=C(O)c1ccc(-c2cc3cc4ccc([nH]4)c(Br)c4nc(cc5nc(c(Br)c2[nH]3)C=C5)C=C4)cc1. The maximum absolute atomic E-state index is 11.3. The molecule has 4 aromatic rings. The van der Waals surface area contributed by atoms with Crippen LogP contribution >= 0.6 is 31.9 Å². The van der Waals surface area contributed by atoms with Crippen molar-refractivity contribution < 1.29 is 9.90 Å². The Balaban J connectivity index is 1.68. The lowest BCUT2D eigenvalue weighted by Crippen LogP contribution is -1.94. The van der Waals surface area contributed by atoms with Crippen molar-refractivity contribution in [1.82, 2.24) is 19.9 Å². The quantitative estimate of drug-likeness (QED) is 0.195. The number of rotatable bonds is 2. The molecule has 3 N–H and O–H groups in total. The zero-order chi connectivity index (χ0) is 24.1. The van der Waals surface area contributed by atoms with Crippen LogP contribution in [0.3, 0.4) is 0 Å². The Hall–Kier alpha value is -3.75. The number of aromatic amines is 2. The van der Waals surface area contributed by atoms with Crippen LogP contribution in [-0.2, 0) is 0 Å². The Morgan fingerprint density at radius 2 is 1.43 bits per heavy atom. The number of fused-ring (bicyclic) bond motifs is 8. The van der Waals surface area contributed by atoms with E-state index >= 15 is 0 Å². The molecule has 0 fully saturated rings. The van der Waals surface area contributed by atoms with Crippen LogP contribution in [0.4, 0.5) is 0 Å². The van der Waals surface area contributed by atoms with Crippen LogP contribution in [0.2, 0.25) is 0 Å². The topological polar surface area (TPSA) is 94.7 Å². The highest BCUT2D eigenvalue weighted by atomic mass is 79.9. The summed E-state index contributed by atoms with van der Waals surface area (Å²) < 4.78 is 1.68. The molecule has 0 atom stereocenters. The fraction of sp³-hybridized carbons (Fsp3) is 0. The van der Waals surface area contributed by atoms with Gasteiger partial charge in [0.15, 0.2) is 0 Å². The van der Waals surface area contributed by atoms with Gasteiger partial charge in [-0.3, -0.25) is 0 Å². The molecule has 3 aromatic heterocycles. The summed E-state index contributed by atoms with van der Waals surface area (Å²) in [4.78, 5) is 27.7. The number of nitrogens with zero attached hydrogens (tertiary/aromatic N) is 2. The van der Waals surface area contributed by atoms with E-state index in [1.807, 2.05) is 66.8 Å². The molecule has 0 spiro atoms. The first kappa shape index (κ1) is 21.8. The van der Waals surface area contributed by atoms with E-state index in [0.717, 1.165) is 64.9 Å². The molecule has 2 aliphatic rings. The Labute approximate surface area is 216 Å². The van der Waals surface area contributed by atoms with E-state index in [2.05, 4.69) is 41.8 Å². The van der Waals surface area contributed by atoms with Gasteiger partial charge < -0.3 is 15.1 Å². The molecule has 8 heteroatoms. The lowest BCUT2D eigenvalue weighted by molar-refractivity contribution is 0.0697. The first-order valence-electron chi connectivity index (χ1n) is 10.7. The molecule has 0 radical (unpaired) electrons. The van der Waals surface area contributed by atoms with Gasteiger partial charge in [0.1, 0.15) is 0 Å². The second kappa shape index (κ2) is 8.48. The Morgan fingerprint density at radius 1 is 0.743 bits per heavy atom. The average molecular weight is 588 g/mol. The molecule has 1 aromatic carbocycles. The predicted octanol–water partition coefficient (Wildman–Crippen LogP) is 7.55. The molecule has 0 unspecified atom stereocenters. The molecule has 35 heavy (non-hydrogen) atoms. The molecule has 0 amide bonds. The summed E-state index contributed by atoms with van der Waals surface area (Å²) in [6, 6.07) is 16.9. The van der Waals surface area contributed by atoms with Crippen LogP contribution in [0.25, 0.3) is 57.5 Å². The van der Waals surface area contributed by atoms with Crippen molar-refractivity contribution in [3.8, 4) is 11.1 Å². The summed E-state index contributed by atoms with van der Waals surface area (Å²) in [5, 5.41) is 9.28. The molecule has 170 valence electrons. The van der Waals surface area contributed by atoms with E-state index in [1.165, 1.54) is 0 Å². The number of H-pyrrole nitrogens is 2. The van der Waals surface area contributed by atoms with Crippen LogP contribution in [0.5, 0.6) is 0 Å². The molecule has 5 heterocycles. The smallest absolute Gasteiger partial charge is 0.335 e. The Bertz CT molecular complexity index is 1750. The molecule has 0 saturated carbocycles. The van der Waals surface area contributed by atoms with Gasteiger partial charge in [-0.2, -0.15) is 0 Å². The van der Waals surface area contributed by atoms with E-state index in [-0.39, 0.29) is 5.56 Å². The Kier molecular flexibility index (Phi) is 5.27. The lowest BCUT2D eigenvalue weighted by atomic mass is 10.0. The average Bonchev–Trinajstić information content (AvgIpc) is 3.65. The van der Waals surface area contributed by atoms with Crippen LogP contribution in [0, 0.1) is 0 Å². The van der Waals surface area contributed by atoms with Gasteiger partial charge >= 0.3 is 5.97 Å². The van der Waals surface area contributed by atoms with Crippen molar-refractivity contribution in [2.45, 2.75) is 0 Å². The van der Waals surface area contributed by atoms with E-state index in [1.54, 1.807) is 12.1 Å². The number of carbonyl (C=O) groups is 1. The minimum absolute atomic E-state index is 0.244. The zero-order valence-corrected chi connectivity index (χ0v) is 21.2. The standard InChI is InChI=1S/C27H16Br2N4O2/c28-24-21-8-5-16(30-21)11-17-7-10-23(32-17)25(29)26-20(14-1-3-15(4-2-14)27(34)35)13-19(33-26)12-18-6-9-22(24)31-18/h1-13,31,33H,(H,34,35). The van der Waals surface area contributed by atoms with Gasteiger partial charge in [-0.05, 0) is 104 Å². The third-order valence-electron chi connectivity index (χ3n) is 5.83. The number of carboxylic acid groups (broad SMARTS) is 1. The number of aromatic nitrogens is 4. The zero-order valence-electron chi connectivity index (χ0n) is 18.0. The Morgan fingerprint density at radius 3 is 2.11 bits per heavy atom. The van der Waals surface area contributed by atoms with E-state index in [0.29, 0.717) is 0 Å². The molecule has 6 rings (SSSR count). The van der Waals surface area contributed by atoms with Crippen LogP contribution < -0.4 is 0 Å². The van der Waals surface area contributed by atoms with Crippen LogP contribution in [0.15, 0.2) is 63.5 Å². The molecular formula is C27H16Br2N4O2. The van der Waals surface area contributed by atoms with Crippen LogP contribution in [0.1, 0.15) is 33.1 Å². The molecule has 8 bridgehead atoms. The summed E-state index contributed by atoms with van der Waals surface area (Å²) in [6.45, 7) is 0. The highest BCUT2D eigenvalue weighted by molar-refractivity contribution is 9.11. The van der Waals surface area contributed by atoms with Gasteiger partial charge in [-0.15, -0.1) is 0 Å². The molecule has 2 aliphatic heterocycles. The van der Waals surface area contributed by atoms with E-state index in [9.17, 15) is 9.90 Å². The third kappa shape index (κ3) is 4.05. The number of hydrogen-bond acceptors (Lipinski definition) is 3. The maximum Gasteiger partial charge on any atom is 0.335 e. The number of aromatic carboxylic acids is 1. The first-order chi connectivity index (χ1) is 16.9.